The van der Waals surface area contributed by atoms with E-state index in [0.29, 0.717) is 0 Å². The van der Waals surface area contributed by atoms with E-state index in [2.05, 4.69) is 92.0 Å². The summed E-state index contributed by atoms with van der Waals surface area (Å²) in [6.45, 7) is 23.0. The summed E-state index contributed by atoms with van der Waals surface area (Å²) in [5, 5.41) is 4.78. The van der Waals surface area contributed by atoms with Gasteiger partial charge < -0.3 is 25.0 Å². The molecule has 0 spiro atoms. The van der Waals surface area contributed by atoms with Crippen molar-refractivity contribution in [2.24, 2.45) is 5.92 Å². The summed E-state index contributed by atoms with van der Waals surface area (Å²) in [4.78, 5) is 20.1. The molecule has 2 saturated heterocycles. The minimum Gasteiger partial charge on any atom is -0.385 e. The SMILES string of the molecule is C=CC.C=CCCN(CCC)c1ncnc2[nH]c(-c3ccc(NCC4CCN(C5CCN(C=C)CC5)CC4)cc3)cc12. The first kappa shape index (κ1) is 31.4. The monoisotopic (exact) mass is 569 g/mol. The molecule has 7 heteroatoms. The lowest BCUT2D eigenvalue weighted by Gasteiger charge is -2.41. The maximum Gasteiger partial charge on any atom is 0.143 e. The van der Waals surface area contributed by atoms with Crippen molar-refractivity contribution in [3.05, 3.63) is 74.7 Å². The lowest BCUT2D eigenvalue weighted by Crippen LogP contribution is -2.47. The van der Waals surface area contributed by atoms with Gasteiger partial charge in [-0.2, -0.15) is 0 Å². The topological polar surface area (TPSA) is 63.3 Å². The molecule has 5 rings (SSSR count). The number of nitrogens with zero attached hydrogens (tertiary/aromatic N) is 5. The van der Waals surface area contributed by atoms with Gasteiger partial charge >= 0.3 is 0 Å². The molecule has 3 aromatic rings. The van der Waals surface area contributed by atoms with Crippen LogP contribution in [0.5, 0.6) is 0 Å². The van der Waals surface area contributed by atoms with E-state index >= 15 is 0 Å². The van der Waals surface area contributed by atoms with Crippen LogP contribution in [0.25, 0.3) is 22.3 Å². The fourth-order valence-electron chi connectivity index (χ4n) is 6.16. The zero-order chi connectivity index (χ0) is 29.7. The number of anilines is 2. The highest BCUT2D eigenvalue weighted by molar-refractivity contribution is 5.92. The summed E-state index contributed by atoms with van der Waals surface area (Å²) < 4.78 is 0. The Bertz CT molecular complexity index is 1250. The number of aromatic nitrogens is 3. The Balaban J connectivity index is 0.00000129. The Kier molecular flexibility index (Phi) is 12.1. The van der Waals surface area contributed by atoms with Gasteiger partial charge in [0.05, 0.1) is 5.39 Å². The molecule has 0 saturated carbocycles. The molecule has 0 radical (unpaired) electrons. The maximum atomic E-state index is 4.65. The minimum atomic E-state index is 0.743. The van der Waals surface area contributed by atoms with Crippen molar-refractivity contribution in [3.8, 4) is 11.3 Å². The van der Waals surface area contributed by atoms with E-state index in [1.54, 1.807) is 12.4 Å². The highest BCUT2D eigenvalue weighted by Gasteiger charge is 2.27. The van der Waals surface area contributed by atoms with Crippen LogP contribution >= 0.6 is 0 Å². The van der Waals surface area contributed by atoms with Gasteiger partial charge in [0.1, 0.15) is 17.8 Å². The summed E-state index contributed by atoms with van der Waals surface area (Å²) in [7, 11) is 0. The maximum absolute atomic E-state index is 4.65. The van der Waals surface area contributed by atoms with Crippen LogP contribution < -0.4 is 10.2 Å². The van der Waals surface area contributed by atoms with Crippen LogP contribution in [0.3, 0.4) is 0 Å². The van der Waals surface area contributed by atoms with Gasteiger partial charge in [0.15, 0.2) is 0 Å². The number of benzene rings is 1. The van der Waals surface area contributed by atoms with Crippen LogP contribution in [-0.2, 0) is 0 Å². The highest BCUT2D eigenvalue weighted by Crippen LogP contribution is 2.30. The number of rotatable bonds is 12. The average molecular weight is 570 g/mol. The quantitative estimate of drug-likeness (QED) is 0.223. The van der Waals surface area contributed by atoms with E-state index in [1.165, 1.54) is 44.5 Å². The molecule has 2 aliphatic rings. The first-order valence-corrected chi connectivity index (χ1v) is 15.8. The molecular weight excluding hydrogens is 518 g/mol. The Labute approximate surface area is 253 Å². The number of hydrogen-bond donors (Lipinski definition) is 2. The zero-order valence-electron chi connectivity index (χ0n) is 25.9. The Morgan fingerprint density at radius 2 is 1.71 bits per heavy atom. The Hall–Kier alpha value is -3.58. The van der Waals surface area contributed by atoms with Crippen molar-refractivity contribution < 1.29 is 0 Å². The standard InChI is InChI=1S/C32H45N7.C3H6/c1-4-7-17-39(16-5-2)32-29-22-30(36-31(29)34-24-35-32)26-8-10-27(11-9-26)33-23-25-12-20-38(21-13-25)28-14-18-37(6-3)19-15-28;1-3-2/h4,6,8-11,22,24-25,28,33H,1,3,5,7,12-21,23H2,2H3,(H,34,35,36);3H,1H2,2H3. The van der Waals surface area contributed by atoms with Gasteiger partial charge in [-0.15, -0.1) is 13.2 Å². The molecule has 2 aliphatic heterocycles. The van der Waals surface area contributed by atoms with Crippen LogP contribution in [0.1, 0.15) is 52.4 Å². The first-order valence-electron chi connectivity index (χ1n) is 15.8. The fourth-order valence-corrected chi connectivity index (χ4v) is 6.16. The Morgan fingerprint density at radius 3 is 2.36 bits per heavy atom. The summed E-state index contributed by atoms with van der Waals surface area (Å²) in [6.07, 6.45) is 14.5. The van der Waals surface area contributed by atoms with E-state index in [9.17, 15) is 0 Å². The van der Waals surface area contributed by atoms with E-state index in [0.717, 1.165) is 85.6 Å². The largest absolute Gasteiger partial charge is 0.385 e. The molecule has 1 aromatic carbocycles. The lowest BCUT2D eigenvalue weighted by atomic mass is 9.93. The first-order chi connectivity index (χ1) is 20.6. The molecule has 0 atom stereocenters. The second-order valence-electron chi connectivity index (χ2n) is 11.5. The number of allylic oxidation sites excluding steroid dienone is 1. The predicted octanol–water partition coefficient (Wildman–Crippen LogP) is 7.34. The van der Waals surface area contributed by atoms with Crippen LogP contribution in [0, 0.1) is 5.92 Å². The van der Waals surface area contributed by atoms with Crippen LogP contribution in [0.2, 0.25) is 0 Å². The number of fused-ring (bicyclic) bond motifs is 1. The number of piperidine rings is 2. The summed E-state index contributed by atoms with van der Waals surface area (Å²) in [5.41, 5.74) is 4.31. The third-order valence-corrected chi connectivity index (χ3v) is 8.51. The molecule has 0 bridgehead atoms. The Morgan fingerprint density at radius 1 is 1.00 bits per heavy atom. The van der Waals surface area contributed by atoms with Crippen LogP contribution in [0.4, 0.5) is 11.5 Å². The summed E-state index contributed by atoms with van der Waals surface area (Å²) >= 11 is 0. The van der Waals surface area contributed by atoms with E-state index in [4.69, 9.17) is 0 Å². The van der Waals surface area contributed by atoms with Crippen molar-refractivity contribution in [2.45, 2.75) is 58.4 Å². The smallest absolute Gasteiger partial charge is 0.143 e. The molecule has 2 fully saturated rings. The number of aromatic amines is 1. The minimum absolute atomic E-state index is 0.743. The van der Waals surface area contributed by atoms with Crippen molar-refractivity contribution in [1.82, 2.24) is 24.8 Å². The third-order valence-electron chi connectivity index (χ3n) is 8.51. The molecule has 7 nitrogen and oxygen atoms in total. The highest BCUT2D eigenvalue weighted by atomic mass is 15.2. The van der Waals surface area contributed by atoms with Crippen molar-refractivity contribution in [3.63, 3.8) is 0 Å². The molecule has 4 heterocycles. The molecule has 42 heavy (non-hydrogen) atoms. The predicted molar refractivity (Wildman–Crippen MR) is 180 cm³/mol. The molecule has 0 amide bonds. The number of H-pyrrole nitrogens is 1. The van der Waals surface area contributed by atoms with Crippen molar-refractivity contribution >= 4 is 22.5 Å². The summed E-state index contributed by atoms with van der Waals surface area (Å²) in [6, 6.07) is 11.7. The fraction of sp³-hybridized carbons (Fsp3) is 0.486. The van der Waals surface area contributed by atoms with E-state index in [-0.39, 0.29) is 0 Å². The van der Waals surface area contributed by atoms with Gasteiger partial charge in [-0.3, -0.25) is 0 Å². The second kappa shape index (κ2) is 16.2. The van der Waals surface area contributed by atoms with Gasteiger partial charge in [-0.05, 0) is 94.4 Å². The molecule has 0 aliphatic carbocycles. The molecule has 2 N–H and O–H groups in total. The van der Waals surface area contributed by atoms with Gasteiger partial charge in [0.25, 0.3) is 0 Å². The average Bonchev–Trinajstić information content (AvgIpc) is 3.48. The van der Waals surface area contributed by atoms with Gasteiger partial charge in [-0.1, -0.05) is 37.8 Å². The number of likely N-dealkylation sites (tertiary alicyclic amines) is 2. The van der Waals surface area contributed by atoms with Crippen molar-refractivity contribution in [1.29, 1.82) is 0 Å². The normalized spacial score (nSPS) is 16.5. The molecule has 0 unspecified atom stereocenters. The molecule has 226 valence electrons. The van der Waals surface area contributed by atoms with Crippen LogP contribution in [-0.4, -0.2) is 76.6 Å². The molecule has 2 aromatic heterocycles. The molecular formula is C35H51N7. The van der Waals surface area contributed by atoms with E-state index in [1.807, 2.05) is 19.2 Å². The lowest BCUT2D eigenvalue weighted by molar-refractivity contribution is 0.0929. The summed E-state index contributed by atoms with van der Waals surface area (Å²) in [5.74, 6) is 1.74. The van der Waals surface area contributed by atoms with E-state index < -0.39 is 0 Å². The van der Waals surface area contributed by atoms with Crippen molar-refractivity contribution in [2.75, 3.05) is 56.0 Å². The third kappa shape index (κ3) is 8.25. The zero-order valence-corrected chi connectivity index (χ0v) is 25.9. The number of hydrogen-bond acceptors (Lipinski definition) is 6. The van der Waals surface area contributed by atoms with Crippen LogP contribution in [0.15, 0.2) is 74.7 Å². The van der Waals surface area contributed by atoms with Gasteiger partial charge in [0.2, 0.25) is 0 Å². The van der Waals surface area contributed by atoms with Gasteiger partial charge in [-0.25, -0.2) is 9.97 Å². The number of nitrogens with one attached hydrogen (secondary N) is 2. The van der Waals surface area contributed by atoms with Gasteiger partial charge in [0, 0.05) is 50.1 Å². The second-order valence-corrected chi connectivity index (χ2v) is 11.5.